The second kappa shape index (κ2) is 8.20. The van der Waals surface area contributed by atoms with Gasteiger partial charge in [0.1, 0.15) is 5.75 Å². The second-order valence-corrected chi connectivity index (χ2v) is 7.52. The number of aromatic nitrogens is 1. The van der Waals surface area contributed by atoms with Crippen molar-refractivity contribution in [3.05, 3.63) is 76.9 Å². The summed E-state index contributed by atoms with van der Waals surface area (Å²) < 4.78 is 7.80. The van der Waals surface area contributed by atoms with Crippen LogP contribution < -0.4 is 10.1 Å². The molecule has 0 spiro atoms. The molecule has 1 aromatic heterocycles. The van der Waals surface area contributed by atoms with Gasteiger partial charge in [-0.25, -0.2) is 0 Å². The number of benzene rings is 3. The molecule has 0 aliphatic rings. The largest absolute Gasteiger partial charge is 0.497 e. The summed E-state index contributed by atoms with van der Waals surface area (Å²) >= 11 is 0. The van der Waals surface area contributed by atoms with Crippen LogP contribution in [-0.4, -0.2) is 35.8 Å². The van der Waals surface area contributed by atoms with E-state index in [9.17, 15) is 4.79 Å². The number of amides is 1. The van der Waals surface area contributed by atoms with Crippen LogP contribution in [0, 0.1) is 13.8 Å². The van der Waals surface area contributed by atoms with Crippen molar-refractivity contribution < 1.29 is 14.6 Å². The van der Waals surface area contributed by atoms with E-state index < -0.39 is 0 Å². The third-order valence-electron chi connectivity index (χ3n) is 5.61. The number of nitrogens with one attached hydrogen (secondary N) is 1. The molecule has 0 aliphatic carbocycles. The van der Waals surface area contributed by atoms with E-state index in [1.54, 1.807) is 7.11 Å². The van der Waals surface area contributed by atoms with Crippen molar-refractivity contribution in [1.29, 1.82) is 0 Å². The van der Waals surface area contributed by atoms with Crippen molar-refractivity contribution in [3.8, 4) is 5.75 Å². The van der Waals surface area contributed by atoms with E-state index in [-0.39, 0.29) is 19.1 Å². The van der Waals surface area contributed by atoms with Crippen LogP contribution in [0.1, 0.15) is 27.0 Å². The Morgan fingerprint density at radius 1 is 1.10 bits per heavy atom. The summed E-state index contributed by atoms with van der Waals surface area (Å²) in [5.74, 6) is 0.617. The van der Waals surface area contributed by atoms with Crippen LogP contribution in [0.5, 0.6) is 5.75 Å². The van der Waals surface area contributed by atoms with Gasteiger partial charge in [-0.2, -0.15) is 0 Å². The molecule has 5 nitrogen and oxygen atoms in total. The predicted octanol–water partition coefficient (Wildman–Crippen LogP) is 4.19. The van der Waals surface area contributed by atoms with E-state index in [4.69, 9.17) is 9.84 Å². The Balaban J connectivity index is 2.01. The number of aliphatic hydroxyl groups is 1. The van der Waals surface area contributed by atoms with Gasteiger partial charge in [0, 0.05) is 34.9 Å². The first-order valence-electron chi connectivity index (χ1n) is 10.1. The average molecular weight is 402 g/mol. The Hall–Kier alpha value is -3.31. The fraction of sp³-hybridized carbons (Fsp3) is 0.240. The lowest BCUT2D eigenvalue weighted by Crippen LogP contribution is -2.27. The Morgan fingerprint density at radius 2 is 1.87 bits per heavy atom. The van der Waals surface area contributed by atoms with Crippen LogP contribution in [0.3, 0.4) is 0 Å². The number of methoxy groups -OCH3 is 1. The second-order valence-electron chi connectivity index (χ2n) is 7.52. The van der Waals surface area contributed by atoms with Gasteiger partial charge in [0.05, 0.1) is 19.2 Å². The number of hydrogen-bond donors (Lipinski definition) is 2. The molecular weight excluding hydrogens is 376 g/mol. The van der Waals surface area contributed by atoms with Gasteiger partial charge in [-0.1, -0.05) is 30.3 Å². The van der Waals surface area contributed by atoms with Gasteiger partial charge in [-0.05, 0) is 54.8 Å². The van der Waals surface area contributed by atoms with E-state index in [2.05, 4.69) is 28.1 Å². The average Bonchev–Trinajstić information content (AvgIpc) is 3.09. The zero-order valence-corrected chi connectivity index (χ0v) is 17.5. The number of aliphatic hydroxyl groups excluding tert-OH is 1. The number of ether oxygens (including phenoxy) is 1. The first kappa shape index (κ1) is 20.0. The minimum absolute atomic E-state index is 0.0837. The van der Waals surface area contributed by atoms with Gasteiger partial charge in [-0.3, -0.25) is 4.79 Å². The van der Waals surface area contributed by atoms with Crippen molar-refractivity contribution in [2.45, 2.75) is 20.4 Å². The van der Waals surface area contributed by atoms with Gasteiger partial charge in [-0.15, -0.1) is 0 Å². The first-order valence-corrected chi connectivity index (χ1v) is 10.1. The van der Waals surface area contributed by atoms with E-state index in [0.29, 0.717) is 5.56 Å². The molecule has 0 aliphatic heterocycles. The zero-order chi connectivity index (χ0) is 21.3. The van der Waals surface area contributed by atoms with Crippen LogP contribution in [0.2, 0.25) is 0 Å². The molecule has 5 heteroatoms. The number of nitrogens with zero attached hydrogens (tertiary/aromatic N) is 1. The fourth-order valence-electron chi connectivity index (χ4n) is 4.21. The molecule has 1 amide bonds. The molecule has 0 fully saturated rings. The van der Waals surface area contributed by atoms with Crippen molar-refractivity contribution in [2.24, 2.45) is 0 Å². The van der Waals surface area contributed by atoms with Gasteiger partial charge in [0.25, 0.3) is 5.91 Å². The summed E-state index contributed by atoms with van der Waals surface area (Å²) in [5, 5.41) is 14.0. The third kappa shape index (κ3) is 3.42. The van der Waals surface area contributed by atoms with Crippen LogP contribution in [0.25, 0.3) is 21.8 Å². The lowest BCUT2D eigenvalue weighted by Gasteiger charge is -2.13. The van der Waals surface area contributed by atoms with Gasteiger partial charge < -0.3 is 19.7 Å². The van der Waals surface area contributed by atoms with E-state index in [1.165, 1.54) is 5.56 Å². The molecule has 0 atom stereocenters. The third-order valence-corrected chi connectivity index (χ3v) is 5.61. The highest BCUT2D eigenvalue weighted by atomic mass is 16.5. The molecule has 0 unspecified atom stereocenters. The minimum Gasteiger partial charge on any atom is -0.497 e. The van der Waals surface area contributed by atoms with Crippen molar-refractivity contribution in [3.63, 3.8) is 0 Å². The topological polar surface area (TPSA) is 63.5 Å². The van der Waals surface area contributed by atoms with Crippen molar-refractivity contribution in [2.75, 3.05) is 20.3 Å². The number of rotatable bonds is 6. The number of hydrogen-bond acceptors (Lipinski definition) is 3. The van der Waals surface area contributed by atoms with Crippen LogP contribution >= 0.6 is 0 Å². The summed E-state index contributed by atoms with van der Waals surface area (Å²) in [6, 6.07) is 18.4. The molecular formula is C25H26N2O3. The first-order chi connectivity index (χ1) is 14.5. The standard InChI is InChI=1S/C25H26N2O3/c1-16-13-20(25(29)26-11-12-28)17(2)23-21-14-19(30-3)9-10-22(21)27(24(16)23)15-18-7-5-4-6-8-18/h4-10,13-14,28H,11-12,15H2,1-3H3,(H,26,29). The SMILES string of the molecule is COc1ccc2c(c1)c1c(C)c(C(=O)NCCO)cc(C)c1n2Cc1ccccc1. The highest BCUT2D eigenvalue weighted by molar-refractivity contribution is 6.14. The highest BCUT2D eigenvalue weighted by Crippen LogP contribution is 2.37. The Labute approximate surface area is 175 Å². The van der Waals surface area contributed by atoms with E-state index in [1.807, 2.05) is 50.2 Å². The molecule has 154 valence electrons. The van der Waals surface area contributed by atoms with Gasteiger partial charge in [0.2, 0.25) is 0 Å². The maximum atomic E-state index is 12.7. The molecule has 0 saturated carbocycles. The van der Waals surface area contributed by atoms with Crippen molar-refractivity contribution >= 4 is 27.7 Å². The number of fused-ring (bicyclic) bond motifs is 3. The maximum Gasteiger partial charge on any atom is 0.251 e. The lowest BCUT2D eigenvalue weighted by molar-refractivity contribution is 0.0944. The summed E-state index contributed by atoms with van der Waals surface area (Å²) in [7, 11) is 1.66. The number of aryl methyl sites for hydroxylation is 2. The maximum absolute atomic E-state index is 12.7. The van der Waals surface area contributed by atoms with Gasteiger partial charge >= 0.3 is 0 Å². The molecule has 2 N–H and O–H groups in total. The molecule has 0 radical (unpaired) electrons. The van der Waals surface area contributed by atoms with Crippen LogP contribution in [-0.2, 0) is 6.54 Å². The predicted molar refractivity (Wildman–Crippen MR) is 120 cm³/mol. The summed E-state index contributed by atoms with van der Waals surface area (Å²) in [6.07, 6.45) is 0. The Kier molecular flexibility index (Phi) is 5.46. The zero-order valence-electron chi connectivity index (χ0n) is 17.5. The highest BCUT2D eigenvalue weighted by Gasteiger charge is 2.20. The lowest BCUT2D eigenvalue weighted by atomic mass is 9.98. The fourth-order valence-corrected chi connectivity index (χ4v) is 4.21. The molecule has 0 saturated heterocycles. The summed E-state index contributed by atoms with van der Waals surface area (Å²) in [4.78, 5) is 12.7. The summed E-state index contributed by atoms with van der Waals surface area (Å²) in [6.45, 7) is 4.92. The molecule has 4 rings (SSSR count). The normalized spacial score (nSPS) is 11.2. The molecule has 3 aromatic carbocycles. The molecule has 0 bridgehead atoms. The van der Waals surface area contributed by atoms with Crippen LogP contribution in [0.4, 0.5) is 0 Å². The number of carbonyl (C=O) groups excluding carboxylic acids is 1. The van der Waals surface area contributed by atoms with E-state index >= 15 is 0 Å². The number of carbonyl (C=O) groups is 1. The Bertz CT molecular complexity index is 1230. The van der Waals surface area contributed by atoms with Gasteiger partial charge in [0.15, 0.2) is 0 Å². The summed E-state index contributed by atoms with van der Waals surface area (Å²) in [5.41, 5.74) is 6.04. The molecule has 30 heavy (non-hydrogen) atoms. The monoisotopic (exact) mass is 402 g/mol. The molecule has 1 heterocycles. The minimum atomic E-state index is -0.168. The Morgan fingerprint density at radius 3 is 2.57 bits per heavy atom. The van der Waals surface area contributed by atoms with E-state index in [0.717, 1.165) is 45.2 Å². The van der Waals surface area contributed by atoms with Crippen LogP contribution in [0.15, 0.2) is 54.6 Å². The quantitative estimate of drug-likeness (QED) is 0.508. The van der Waals surface area contributed by atoms with Crippen molar-refractivity contribution in [1.82, 2.24) is 9.88 Å². The smallest absolute Gasteiger partial charge is 0.251 e. The molecule has 4 aromatic rings.